The number of carbonyl (C=O) groups excluding carboxylic acids is 1. The van der Waals surface area contributed by atoms with Crippen molar-refractivity contribution in [2.45, 2.75) is 38.0 Å². The van der Waals surface area contributed by atoms with Gasteiger partial charge in [-0.15, -0.1) is 6.58 Å². The highest BCUT2D eigenvalue weighted by atomic mass is 16.5. The number of hydrogen-bond donors (Lipinski definition) is 3. The molecule has 184 valence electrons. The average molecular weight is 479 g/mol. The molecule has 10 heteroatoms. The van der Waals surface area contributed by atoms with Crippen molar-refractivity contribution in [2.24, 2.45) is 10.1 Å². The van der Waals surface area contributed by atoms with Crippen LogP contribution < -0.4 is 15.6 Å². The topological polar surface area (TPSA) is 141 Å². The van der Waals surface area contributed by atoms with Gasteiger partial charge in [-0.1, -0.05) is 35.5 Å². The number of aliphatic hydroxyl groups excluding tert-OH is 1. The van der Waals surface area contributed by atoms with Crippen LogP contribution in [0.1, 0.15) is 30.0 Å². The van der Waals surface area contributed by atoms with Crippen molar-refractivity contribution < 1.29 is 19.4 Å². The summed E-state index contributed by atoms with van der Waals surface area (Å²) in [7, 11) is 0. The number of rotatable bonds is 13. The second kappa shape index (κ2) is 12.6. The highest BCUT2D eigenvalue weighted by molar-refractivity contribution is 6.00. The van der Waals surface area contributed by atoms with E-state index in [2.05, 4.69) is 27.5 Å². The third kappa shape index (κ3) is 6.39. The van der Waals surface area contributed by atoms with E-state index in [4.69, 9.17) is 25.1 Å². The van der Waals surface area contributed by atoms with Crippen molar-refractivity contribution in [3.63, 3.8) is 0 Å². The summed E-state index contributed by atoms with van der Waals surface area (Å²) in [6.07, 6.45) is 1.86. The lowest BCUT2D eigenvalue weighted by Crippen LogP contribution is -2.56. The number of benzene rings is 2. The zero-order valence-corrected chi connectivity index (χ0v) is 19.7. The Morgan fingerprint density at radius 3 is 2.74 bits per heavy atom. The molecule has 0 aromatic heterocycles. The van der Waals surface area contributed by atoms with E-state index >= 15 is 0 Å². The molecule has 0 bridgehead atoms. The minimum Gasteiger partial charge on any atom is -0.494 e. The standard InChI is InChI=1S/C25H30N6O4/c1-3-13-27-30-24(33)25(16-20-7-4-5-8-21(20)17-28-31-26)18(2)35-23(29-25)19-9-11-22(12-10-19)34-15-6-14-32/h3-5,7-12,18,27,32H,1,6,13-17H2,2H3,(H,30,33)/t18-,25-/m0/s1. The van der Waals surface area contributed by atoms with Crippen LogP contribution in [0.3, 0.4) is 0 Å². The SMILES string of the molecule is C=CCNNC(=O)[C@@]1(Cc2ccccc2CN=[N+]=[N-])N=C(c2ccc(OCCCO)cc2)O[C@H]1C. The van der Waals surface area contributed by atoms with Gasteiger partial charge in [-0.2, -0.15) is 0 Å². The Morgan fingerprint density at radius 2 is 2.06 bits per heavy atom. The van der Waals surface area contributed by atoms with Crippen LogP contribution in [0.25, 0.3) is 10.4 Å². The van der Waals surface area contributed by atoms with Gasteiger partial charge in [-0.05, 0) is 47.8 Å². The van der Waals surface area contributed by atoms with Gasteiger partial charge >= 0.3 is 0 Å². The van der Waals surface area contributed by atoms with Crippen LogP contribution in [0.2, 0.25) is 0 Å². The third-order valence-electron chi connectivity index (χ3n) is 5.66. The fraction of sp³-hybridized carbons (Fsp3) is 0.360. The highest BCUT2D eigenvalue weighted by Crippen LogP contribution is 2.33. The van der Waals surface area contributed by atoms with Gasteiger partial charge < -0.3 is 14.6 Å². The molecule has 1 aliphatic rings. The number of nitrogens with one attached hydrogen (secondary N) is 2. The number of hydrogen-bond acceptors (Lipinski definition) is 7. The lowest BCUT2D eigenvalue weighted by Gasteiger charge is -2.29. The van der Waals surface area contributed by atoms with E-state index in [-0.39, 0.29) is 25.5 Å². The number of azide groups is 1. The first-order valence-corrected chi connectivity index (χ1v) is 11.4. The minimum atomic E-state index is -1.26. The van der Waals surface area contributed by atoms with Crippen LogP contribution in [-0.2, 0) is 22.5 Å². The van der Waals surface area contributed by atoms with Gasteiger partial charge in [0.2, 0.25) is 5.90 Å². The molecule has 0 aliphatic carbocycles. The van der Waals surface area contributed by atoms with Gasteiger partial charge in [0.1, 0.15) is 11.9 Å². The molecular formula is C25H30N6O4. The van der Waals surface area contributed by atoms with E-state index in [0.717, 1.165) is 11.1 Å². The number of aliphatic hydroxyl groups is 1. The second-order valence-corrected chi connectivity index (χ2v) is 8.01. The molecule has 0 radical (unpaired) electrons. The van der Waals surface area contributed by atoms with Crippen molar-refractivity contribution in [1.82, 2.24) is 10.9 Å². The molecule has 0 spiro atoms. The molecule has 2 atom stereocenters. The van der Waals surface area contributed by atoms with Crippen LogP contribution in [0.5, 0.6) is 5.75 Å². The van der Waals surface area contributed by atoms with Crippen LogP contribution >= 0.6 is 0 Å². The molecule has 0 saturated heterocycles. The molecule has 10 nitrogen and oxygen atoms in total. The molecular weight excluding hydrogens is 448 g/mol. The number of aliphatic imine (C=N–C) groups is 1. The lowest BCUT2D eigenvalue weighted by molar-refractivity contribution is -0.129. The van der Waals surface area contributed by atoms with Gasteiger partial charge in [0.05, 0.1) is 13.2 Å². The van der Waals surface area contributed by atoms with Crippen molar-refractivity contribution >= 4 is 11.8 Å². The van der Waals surface area contributed by atoms with E-state index in [1.165, 1.54) is 0 Å². The van der Waals surface area contributed by atoms with Crippen LogP contribution in [0.15, 0.2) is 71.3 Å². The Kier molecular flexibility index (Phi) is 9.25. The molecule has 3 N–H and O–H groups in total. The Balaban J connectivity index is 1.93. The number of hydrazine groups is 1. The fourth-order valence-electron chi connectivity index (χ4n) is 3.74. The van der Waals surface area contributed by atoms with Crippen LogP contribution in [0, 0.1) is 0 Å². The van der Waals surface area contributed by atoms with E-state index in [0.29, 0.717) is 36.8 Å². The summed E-state index contributed by atoms with van der Waals surface area (Å²) in [5.74, 6) is 0.675. The fourth-order valence-corrected chi connectivity index (χ4v) is 3.74. The van der Waals surface area contributed by atoms with E-state index in [1.807, 2.05) is 43.3 Å². The Morgan fingerprint density at radius 1 is 1.31 bits per heavy atom. The number of nitrogens with zero attached hydrogens (tertiary/aromatic N) is 4. The molecule has 2 aromatic carbocycles. The maximum atomic E-state index is 13.4. The molecule has 1 aliphatic heterocycles. The zero-order valence-electron chi connectivity index (χ0n) is 19.7. The summed E-state index contributed by atoms with van der Waals surface area (Å²) in [6, 6.07) is 14.7. The summed E-state index contributed by atoms with van der Waals surface area (Å²) < 4.78 is 11.7. The van der Waals surface area contributed by atoms with Crippen LogP contribution in [0.4, 0.5) is 0 Å². The Hall–Kier alpha value is -3.85. The largest absolute Gasteiger partial charge is 0.494 e. The molecule has 3 rings (SSSR count). The van der Waals surface area contributed by atoms with E-state index < -0.39 is 11.6 Å². The van der Waals surface area contributed by atoms with Crippen LogP contribution in [-0.4, -0.2) is 48.3 Å². The maximum absolute atomic E-state index is 13.4. The average Bonchev–Trinajstić information content (AvgIpc) is 3.21. The lowest BCUT2D eigenvalue weighted by atomic mass is 9.84. The summed E-state index contributed by atoms with van der Waals surface area (Å²) in [4.78, 5) is 21.1. The zero-order chi connectivity index (χ0) is 25.1. The summed E-state index contributed by atoms with van der Waals surface area (Å²) >= 11 is 0. The Bertz CT molecular complexity index is 1100. The first-order valence-electron chi connectivity index (χ1n) is 11.4. The normalized spacial score (nSPS) is 18.7. The maximum Gasteiger partial charge on any atom is 0.266 e. The first kappa shape index (κ1) is 25.8. The van der Waals surface area contributed by atoms with Crippen molar-refractivity contribution in [1.29, 1.82) is 0 Å². The van der Waals surface area contributed by atoms with Gasteiger partial charge in [0, 0.05) is 36.5 Å². The molecule has 35 heavy (non-hydrogen) atoms. The molecule has 2 aromatic rings. The minimum absolute atomic E-state index is 0.0679. The molecule has 1 heterocycles. The quantitative estimate of drug-likeness (QED) is 0.101. The van der Waals surface area contributed by atoms with Crippen molar-refractivity contribution in [3.8, 4) is 5.75 Å². The molecule has 0 unspecified atom stereocenters. The molecule has 0 fully saturated rings. The third-order valence-corrected chi connectivity index (χ3v) is 5.66. The summed E-state index contributed by atoms with van der Waals surface area (Å²) in [5.41, 5.74) is 15.4. The summed E-state index contributed by atoms with van der Waals surface area (Å²) in [5, 5.41) is 12.6. The summed E-state index contributed by atoms with van der Waals surface area (Å²) in [6.45, 7) is 6.50. The smallest absolute Gasteiger partial charge is 0.266 e. The monoisotopic (exact) mass is 478 g/mol. The van der Waals surface area contributed by atoms with Gasteiger partial charge in [-0.3, -0.25) is 10.2 Å². The second-order valence-electron chi connectivity index (χ2n) is 8.01. The van der Waals surface area contributed by atoms with Gasteiger partial charge in [-0.25, -0.2) is 10.4 Å². The van der Waals surface area contributed by atoms with Gasteiger partial charge in [0.15, 0.2) is 5.54 Å². The number of amides is 1. The van der Waals surface area contributed by atoms with Crippen molar-refractivity contribution in [2.75, 3.05) is 19.8 Å². The first-order chi connectivity index (χ1) is 17.0. The Labute approximate surface area is 204 Å². The number of carbonyl (C=O) groups is 1. The predicted octanol–water partition coefficient (Wildman–Crippen LogP) is 3.21. The molecule has 1 amide bonds. The predicted molar refractivity (Wildman–Crippen MR) is 133 cm³/mol. The number of ether oxygens (including phenoxy) is 2. The van der Waals surface area contributed by atoms with E-state index in [9.17, 15) is 4.79 Å². The molecule has 0 saturated carbocycles. The van der Waals surface area contributed by atoms with Crippen molar-refractivity contribution in [3.05, 3.63) is 88.3 Å². The van der Waals surface area contributed by atoms with E-state index in [1.54, 1.807) is 18.2 Å². The highest BCUT2D eigenvalue weighted by Gasteiger charge is 2.50. The van der Waals surface area contributed by atoms with Gasteiger partial charge in [0.25, 0.3) is 5.91 Å².